The molecule has 0 saturated carbocycles. The molecule has 4 aromatic carbocycles. The van der Waals surface area contributed by atoms with E-state index in [1.54, 1.807) is 0 Å². The second-order valence-corrected chi connectivity index (χ2v) is 15.8. The molecule has 0 aliphatic rings. The molecule has 0 aliphatic heterocycles. The Labute approximate surface area is 307 Å². The average molecular weight is 703 g/mol. The second kappa shape index (κ2) is 25.3. The van der Waals surface area contributed by atoms with Crippen LogP contribution in [-0.2, 0) is 0 Å². The molecule has 0 saturated heterocycles. The van der Waals surface area contributed by atoms with Crippen LogP contribution in [0.4, 0.5) is 0 Å². The van der Waals surface area contributed by atoms with Crippen molar-refractivity contribution >= 4 is 48.8 Å². The van der Waals surface area contributed by atoms with Crippen molar-refractivity contribution in [3.8, 4) is 22.3 Å². The monoisotopic (exact) mass is 702 g/mol. The Balaban J connectivity index is 0.000000256. The van der Waals surface area contributed by atoms with Crippen LogP contribution in [0.5, 0.6) is 0 Å². The molecule has 0 aliphatic carbocycles. The standard InChI is InChI=1S/C22H30S2.C21H28S2/c1-2-3-4-5-6-7-8-9-18-24-22-16-12-20(13-17-22)19-10-14-21(23)15-11-19;1-2-3-4-5-6-7-8-17-23-21-15-11-19(12-16-21)18-9-13-20(22)14-10-18/h10-17,23H,2-9,18H2,1H3;9-16,22H,2-8,17H2,1H3. The van der Waals surface area contributed by atoms with Crippen molar-refractivity contribution < 1.29 is 0 Å². The lowest BCUT2D eigenvalue weighted by molar-refractivity contribution is 0.586. The third kappa shape index (κ3) is 17.5. The Morgan fingerprint density at radius 3 is 0.894 bits per heavy atom. The van der Waals surface area contributed by atoms with Crippen LogP contribution in [0.3, 0.4) is 0 Å². The highest BCUT2D eigenvalue weighted by Gasteiger charge is 2.01. The number of benzene rings is 4. The maximum Gasteiger partial charge on any atom is 0.00723 e. The van der Waals surface area contributed by atoms with Gasteiger partial charge in [0.15, 0.2) is 0 Å². The largest absolute Gasteiger partial charge is 0.143 e. The van der Waals surface area contributed by atoms with E-state index in [2.05, 4.69) is 112 Å². The highest BCUT2D eigenvalue weighted by molar-refractivity contribution is 7.99. The third-order valence-corrected chi connectivity index (χ3v) is 11.2. The molecule has 0 aromatic heterocycles. The van der Waals surface area contributed by atoms with E-state index in [-0.39, 0.29) is 0 Å². The lowest BCUT2D eigenvalue weighted by Gasteiger charge is -2.05. The maximum atomic E-state index is 4.34. The van der Waals surface area contributed by atoms with E-state index in [0.717, 1.165) is 9.79 Å². The van der Waals surface area contributed by atoms with E-state index in [9.17, 15) is 0 Å². The molecule has 0 unspecified atom stereocenters. The van der Waals surface area contributed by atoms with Crippen LogP contribution in [0.2, 0.25) is 0 Å². The molecule has 0 N–H and O–H groups in total. The molecule has 0 nitrogen and oxygen atoms in total. The zero-order valence-corrected chi connectivity index (χ0v) is 32.4. The smallest absolute Gasteiger partial charge is 0.00723 e. The zero-order valence-electron chi connectivity index (χ0n) is 29.0. The van der Waals surface area contributed by atoms with Crippen molar-refractivity contribution in [3.63, 3.8) is 0 Å². The first kappa shape index (κ1) is 39.7. The molecule has 0 heterocycles. The number of thiol groups is 2. The van der Waals surface area contributed by atoms with Crippen LogP contribution in [0.25, 0.3) is 22.3 Å². The topological polar surface area (TPSA) is 0 Å². The Morgan fingerprint density at radius 1 is 0.340 bits per heavy atom. The lowest BCUT2D eigenvalue weighted by atomic mass is 10.1. The normalized spacial score (nSPS) is 10.9. The summed E-state index contributed by atoms with van der Waals surface area (Å²) in [5, 5.41) is 0. The Bertz CT molecular complexity index is 1310. The number of thioether (sulfide) groups is 2. The molecule has 4 rings (SSSR count). The molecule has 4 heteroatoms. The van der Waals surface area contributed by atoms with E-state index in [4.69, 9.17) is 0 Å². The van der Waals surface area contributed by atoms with Crippen LogP contribution in [0, 0.1) is 0 Å². The van der Waals surface area contributed by atoms with Crippen molar-refractivity contribution in [1.82, 2.24) is 0 Å². The second-order valence-electron chi connectivity index (χ2n) is 12.4. The van der Waals surface area contributed by atoms with Crippen LogP contribution < -0.4 is 0 Å². The fourth-order valence-electron chi connectivity index (χ4n) is 5.47. The summed E-state index contributed by atoms with van der Waals surface area (Å²) in [6.07, 6.45) is 20.8. The number of unbranched alkanes of at least 4 members (excludes halogenated alkanes) is 13. The first-order valence-corrected chi connectivity index (χ1v) is 21.0. The van der Waals surface area contributed by atoms with E-state index < -0.39 is 0 Å². The van der Waals surface area contributed by atoms with Crippen molar-refractivity contribution in [1.29, 1.82) is 0 Å². The van der Waals surface area contributed by atoms with Crippen molar-refractivity contribution in [2.24, 2.45) is 0 Å². The van der Waals surface area contributed by atoms with Gasteiger partial charge in [0.05, 0.1) is 0 Å². The van der Waals surface area contributed by atoms with Crippen LogP contribution in [0.1, 0.15) is 110 Å². The van der Waals surface area contributed by atoms with Gasteiger partial charge in [-0.05, 0) is 95.1 Å². The summed E-state index contributed by atoms with van der Waals surface area (Å²) in [6, 6.07) is 34.6. The fraction of sp³-hybridized carbons (Fsp3) is 0.442. The Hall–Kier alpha value is -1.72. The van der Waals surface area contributed by atoms with E-state index >= 15 is 0 Å². The minimum atomic E-state index is 1.01. The highest BCUT2D eigenvalue weighted by atomic mass is 32.2. The summed E-state index contributed by atoms with van der Waals surface area (Å²) in [7, 11) is 0. The van der Waals surface area contributed by atoms with Gasteiger partial charge in [0, 0.05) is 19.6 Å². The van der Waals surface area contributed by atoms with Gasteiger partial charge >= 0.3 is 0 Å². The maximum absolute atomic E-state index is 4.34. The van der Waals surface area contributed by atoms with E-state index in [0.29, 0.717) is 0 Å². The van der Waals surface area contributed by atoms with Gasteiger partial charge in [0.2, 0.25) is 0 Å². The summed E-state index contributed by atoms with van der Waals surface area (Å²) in [4.78, 5) is 4.78. The molecule has 0 fully saturated rings. The highest BCUT2D eigenvalue weighted by Crippen LogP contribution is 2.27. The summed E-state index contributed by atoms with van der Waals surface area (Å²) in [5.74, 6) is 2.48. The fourth-order valence-corrected chi connectivity index (χ4v) is 7.59. The van der Waals surface area contributed by atoms with Crippen molar-refractivity contribution in [2.45, 2.75) is 130 Å². The molecule has 0 spiro atoms. The predicted molar refractivity (Wildman–Crippen MR) is 220 cm³/mol. The lowest BCUT2D eigenvalue weighted by Crippen LogP contribution is -1.84. The molecular formula is C43H58S4. The first-order chi connectivity index (χ1) is 23.1. The SMILES string of the molecule is CCCCCCCCCCSc1ccc(-c2ccc(S)cc2)cc1.CCCCCCCCCSc1ccc(-c2ccc(S)cc2)cc1. The predicted octanol–water partition coefficient (Wildman–Crippen LogP) is 15.4. The molecule has 0 atom stereocenters. The van der Waals surface area contributed by atoms with Gasteiger partial charge in [0.1, 0.15) is 0 Å². The van der Waals surface area contributed by atoms with E-state index in [1.165, 1.54) is 140 Å². The number of rotatable bonds is 21. The molecule has 4 aromatic rings. The minimum Gasteiger partial charge on any atom is -0.143 e. The minimum absolute atomic E-state index is 1.01. The van der Waals surface area contributed by atoms with Gasteiger partial charge in [-0.1, -0.05) is 146 Å². The van der Waals surface area contributed by atoms with Gasteiger partial charge < -0.3 is 0 Å². The van der Waals surface area contributed by atoms with Crippen LogP contribution >= 0.6 is 48.8 Å². The average Bonchev–Trinajstić information content (AvgIpc) is 3.10. The quantitative estimate of drug-likeness (QED) is 0.0504. The van der Waals surface area contributed by atoms with Crippen molar-refractivity contribution in [2.75, 3.05) is 11.5 Å². The molecular weight excluding hydrogens is 645 g/mol. The zero-order chi connectivity index (χ0) is 33.4. The third-order valence-electron chi connectivity index (χ3n) is 8.39. The number of hydrogen-bond donors (Lipinski definition) is 2. The summed E-state index contributed by atoms with van der Waals surface area (Å²) in [5.41, 5.74) is 5.07. The van der Waals surface area contributed by atoms with Crippen LogP contribution in [-0.4, -0.2) is 11.5 Å². The van der Waals surface area contributed by atoms with Crippen molar-refractivity contribution in [3.05, 3.63) is 97.1 Å². The Kier molecular flexibility index (Phi) is 21.4. The van der Waals surface area contributed by atoms with Gasteiger partial charge in [-0.3, -0.25) is 0 Å². The van der Waals surface area contributed by atoms with Crippen LogP contribution in [0.15, 0.2) is 117 Å². The van der Waals surface area contributed by atoms with Gasteiger partial charge in [-0.2, -0.15) is 0 Å². The number of hydrogen-bond acceptors (Lipinski definition) is 4. The van der Waals surface area contributed by atoms with Gasteiger partial charge in [-0.25, -0.2) is 0 Å². The molecule has 0 amide bonds. The molecule has 0 bridgehead atoms. The van der Waals surface area contributed by atoms with E-state index in [1.807, 2.05) is 47.8 Å². The molecule has 0 radical (unpaired) electrons. The summed E-state index contributed by atoms with van der Waals surface area (Å²) < 4.78 is 0. The summed E-state index contributed by atoms with van der Waals surface area (Å²) >= 11 is 12.6. The Morgan fingerprint density at radius 2 is 0.596 bits per heavy atom. The first-order valence-electron chi connectivity index (χ1n) is 18.1. The van der Waals surface area contributed by atoms with Gasteiger partial charge in [-0.15, -0.1) is 48.8 Å². The molecule has 254 valence electrons. The summed E-state index contributed by atoms with van der Waals surface area (Å²) in [6.45, 7) is 4.55. The molecule has 47 heavy (non-hydrogen) atoms. The van der Waals surface area contributed by atoms with Gasteiger partial charge in [0.25, 0.3) is 0 Å².